The molecule has 0 saturated heterocycles. The van der Waals surface area contributed by atoms with Gasteiger partial charge < -0.3 is 25.4 Å². The third kappa shape index (κ3) is 5.16. The van der Waals surface area contributed by atoms with Crippen molar-refractivity contribution in [2.75, 3.05) is 37.4 Å². The molecule has 3 N–H and O–H groups in total. The van der Waals surface area contributed by atoms with Crippen LogP contribution in [0.5, 0.6) is 0 Å². The van der Waals surface area contributed by atoms with E-state index in [0.29, 0.717) is 16.4 Å². The molecule has 2 aromatic rings. The summed E-state index contributed by atoms with van der Waals surface area (Å²) in [5.74, 6) is -1.51. The number of esters is 1. The third-order valence-electron chi connectivity index (χ3n) is 4.52. The van der Waals surface area contributed by atoms with Gasteiger partial charge in [0.25, 0.3) is 11.8 Å². The van der Waals surface area contributed by atoms with Crippen molar-refractivity contribution in [3.63, 3.8) is 0 Å². The minimum atomic E-state index is -0.641. The molecule has 0 fully saturated rings. The summed E-state index contributed by atoms with van der Waals surface area (Å²) in [6.45, 7) is -0.120. The first-order valence-corrected chi connectivity index (χ1v) is 9.94. The first-order valence-electron chi connectivity index (χ1n) is 9.19. The van der Waals surface area contributed by atoms with Crippen LogP contribution in [0, 0.1) is 0 Å². The van der Waals surface area contributed by atoms with Crippen LogP contribution in [0.4, 0.5) is 11.4 Å². The first-order chi connectivity index (χ1) is 14.8. The summed E-state index contributed by atoms with van der Waals surface area (Å²) < 4.78 is 4.76. The van der Waals surface area contributed by atoms with E-state index in [-0.39, 0.29) is 41.6 Å². The molecular weight excluding hydrogens is 445 g/mol. The number of rotatable bonds is 7. The van der Waals surface area contributed by atoms with Gasteiger partial charge in [0, 0.05) is 22.9 Å². The molecule has 10 heteroatoms. The van der Waals surface area contributed by atoms with Crippen LogP contribution in [-0.4, -0.2) is 54.6 Å². The van der Waals surface area contributed by atoms with Gasteiger partial charge in [0.05, 0.1) is 36.4 Å². The Balaban J connectivity index is 1.81. The molecule has 0 aliphatic carbocycles. The number of hydrogen-bond donors (Lipinski definition) is 3. The lowest BCUT2D eigenvalue weighted by Crippen LogP contribution is -2.31. The zero-order valence-electron chi connectivity index (χ0n) is 16.4. The fourth-order valence-corrected chi connectivity index (χ4v) is 3.53. The molecule has 1 aliphatic rings. The second kappa shape index (κ2) is 9.82. The minimum Gasteiger partial charge on any atom is -0.466 e. The highest BCUT2D eigenvalue weighted by Crippen LogP contribution is 2.26. The molecule has 0 aromatic heterocycles. The van der Waals surface area contributed by atoms with Crippen LogP contribution in [0.25, 0.3) is 0 Å². The summed E-state index contributed by atoms with van der Waals surface area (Å²) >= 11 is 11.9. The number of aliphatic hydroxyl groups excluding tert-OH is 1. The maximum Gasteiger partial charge on any atom is 0.337 e. The molecule has 2 aromatic carbocycles. The van der Waals surface area contributed by atoms with Crippen molar-refractivity contribution in [1.29, 1.82) is 0 Å². The van der Waals surface area contributed by atoms with Crippen LogP contribution in [0.2, 0.25) is 10.0 Å². The van der Waals surface area contributed by atoms with E-state index >= 15 is 0 Å². The lowest BCUT2D eigenvalue weighted by atomic mass is 10.2. The molecule has 1 aliphatic heterocycles. The average Bonchev–Trinajstić information content (AvgIpc) is 3.03. The van der Waals surface area contributed by atoms with Crippen LogP contribution in [-0.2, 0) is 14.3 Å². The van der Waals surface area contributed by atoms with Crippen LogP contribution in [0.1, 0.15) is 10.4 Å². The van der Waals surface area contributed by atoms with E-state index in [2.05, 4.69) is 10.6 Å². The van der Waals surface area contributed by atoms with Gasteiger partial charge in [0.15, 0.2) is 0 Å². The van der Waals surface area contributed by atoms with Gasteiger partial charge >= 0.3 is 5.97 Å². The van der Waals surface area contributed by atoms with Crippen molar-refractivity contribution >= 4 is 52.4 Å². The van der Waals surface area contributed by atoms with Crippen molar-refractivity contribution in [2.24, 2.45) is 0 Å². The van der Waals surface area contributed by atoms with Gasteiger partial charge in [-0.25, -0.2) is 4.79 Å². The molecule has 0 bridgehead atoms. The van der Waals surface area contributed by atoms with Crippen molar-refractivity contribution in [3.05, 3.63) is 69.3 Å². The fraction of sp³-hybridized carbons (Fsp3) is 0.190. The highest BCUT2D eigenvalue weighted by molar-refractivity contribution is 6.37. The van der Waals surface area contributed by atoms with E-state index in [1.54, 1.807) is 30.3 Å². The Kier molecular flexibility index (Phi) is 7.17. The molecule has 0 spiro atoms. The summed E-state index contributed by atoms with van der Waals surface area (Å²) in [4.78, 5) is 38.6. The predicted octanol–water partition coefficient (Wildman–Crippen LogP) is 2.92. The summed E-state index contributed by atoms with van der Waals surface area (Å²) in [7, 11) is 1.23. The van der Waals surface area contributed by atoms with Gasteiger partial charge in [0.2, 0.25) is 0 Å². The molecule has 0 unspecified atom stereocenters. The fourth-order valence-electron chi connectivity index (χ4n) is 3.04. The Morgan fingerprint density at radius 3 is 2.58 bits per heavy atom. The molecule has 3 rings (SSSR count). The minimum absolute atomic E-state index is 0.0277. The smallest absolute Gasteiger partial charge is 0.337 e. The van der Waals surface area contributed by atoms with Crippen LogP contribution in [0.3, 0.4) is 0 Å². The van der Waals surface area contributed by atoms with Gasteiger partial charge in [0.1, 0.15) is 5.70 Å². The number of benzene rings is 2. The van der Waals surface area contributed by atoms with Crippen molar-refractivity contribution in [3.8, 4) is 0 Å². The van der Waals surface area contributed by atoms with E-state index < -0.39 is 17.8 Å². The quantitative estimate of drug-likeness (QED) is 0.544. The molecule has 8 nitrogen and oxygen atoms in total. The van der Waals surface area contributed by atoms with Gasteiger partial charge in [-0.2, -0.15) is 0 Å². The number of amides is 2. The number of carbonyl (C=O) groups excluding carboxylic acids is 3. The highest BCUT2D eigenvalue weighted by atomic mass is 35.5. The topological polar surface area (TPSA) is 108 Å². The Morgan fingerprint density at radius 1 is 1.16 bits per heavy atom. The normalized spacial score (nSPS) is 13.4. The van der Waals surface area contributed by atoms with E-state index in [9.17, 15) is 14.4 Å². The van der Waals surface area contributed by atoms with E-state index in [4.69, 9.17) is 33.0 Å². The van der Waals surface area contributed by atoms with Gasteiger partial charge in [-0.1, -0.05) is 29.3 Å². The number of hydrogen-bond acceptors (Lipinski definition) is 6. The Bertz CT molecular complexity index is 1070. The number of methoxy groups -OCH3 is 1. The van der Waals surface area contributed by atoms with Gasteiger partial charge in [-0.15, -0.1) is 0 Å². The lowest BCUT2D eigenvalue weighted by Gasteiger charge is -2.15. The third-order valence-corrected chi connectivity index (χ3v) is 5.07. The molecule has 2 amide bonds. The predicted molar refractivity (Wildman–Crippen MR) is 117 cm³/mol. The number of aliphatic hydroxyl groups is 1. The molecule has 1 heterocycles. The zero-order chi connectivity index (χ0) is 22.5. The molecule has 31 heavy (non-hydrogen) atoms. The van der Waals surface area contributed by atoms with E-state index in [1.807, 2.05) is 0 Å². The summed E-state index contributed by atoms with van der Waals surface area (Å²) in [6.07, 6.45) is 0. The number of nitrogens with zero attached hydrogens (tertiary/aromatic N) is 1. The monoisotopic (exact) mass is 463 g/mol. The zero-order valence-corrected chi connectivity index (χ0v) is 18.0. The SMILES string of the molecule is COC(=O)C1=C(Nc2cccc(NC(=O)c3ccc(Cl)cc3Cl)c2)C(=O)N(CCO)C1. The number of ether oxygens (including phenoxy) is 1. The van der Waals surface area contributed by atoms with Crippen LogP contribution >= 0.6 is 23.2 Å². The van der Waals surface area contributed by atoms with E-state index in [1.165, 1.54) is 24.1 Å². The number of nitrogens with one attached hydrogen (secondary N) is 2. The van der Waals surface area contributed by atoms with Gasteiger partial charge in [-0.05, 0) is 36.4 Å². The second-order valence-corrected chi connectivity index (χ2v) is 7.42. The standard InChI is InChI=1S/C21H19Cl2N3O5/c1-31-21(30)16-11-26(7-8-27)20(29)18(16)24-13-3-2-4-14(10-13)25-19(28)15-6-5-12(22)9-17(15)23/h2-6,9-10,24,27H,7-8,11H2,1H3,(H,25,28). The molecule has 162 valence electrons. The largest absolute Gasteiger partial charge is 0.466 e. The second-order valence-electron chi connectivity index (χ2n) is 6.58. The van der Waals surface area contributed by atoms with Gasteiger partial charge in [-0.3, -0.25) is 9.59 Å². The molecule has 0 radical (unpaired) electrons. The van der Waals surface area contributed by atoms with Crippen molar-refractivity contribution in [2.45, 2.75) is 0 Å². The van der Waals surface area contributed by atoms with Crippen molar-refractivity contribution < 1.29 is 24.2 Å². The summed E-state index contributed by atoms with van der Waals surface area (Å²) in [5, 5.41) is 15.4. The Labute approximate surface area is 188 Å². The Morgan fingerprint density at radius 2 is 1.90 bits per heavy atom. The maximum atomic E-state index is 12.6. The van der Waals surface area contributed by atoms with Crippen LogP contribution < -0.4 is 10.6 Å². The summed E-state index contributed by atoms with van der Waals surface area (Å²) in [6, 6.07) is 11.2. The van der Waals surface area contributed by atoms with Crippen LogP contribution in [0.15, 0.2) is 53.7 Å². The van der Waals surface area contributed by atoms with E-state index in [0.717, 1.165) is 0 Å². The maximum absolute atomic E-state index is 12.6. The lowest BCUT2D eigenvalue weighted by molar-refractivity contribution is -0.136. The molecule has 0 saturated carbocycles. The highest BCUT2D eigenvalue weighted by Gasteiger charge is 2.34. The molecule has 0 atom stereocenters. The number of carbonyl (C=O) groups is 3. The molecular formula is C21H19Cl2N3O5. The number of halogens is 2. The first kappa shape index (κ1) is 22.6. The van der Waals surface area contributed by atoms with Crippen molar-refractivity contribution in [1.82, 2.24) is 4.90 Å². The average molecular weight is 464 g/mol. The number of β-amino-alcohol motifs (C(OH)–C–C–N with tert-alkyl or cyclic N) is 1. The Hall–Kier alpha value is -3.07. The summed E-state index contributed by atoms with van der Waals surface area (Å²) in [5.41, 5.74) is 1.38. The number of anilines is 2.